The van der Waals surface area contributed by atoms with E-state index in [-0.39, 0.29) is 54.9 Å². The molecule has 2 amide bonds. The number of carbonyl (C=O) groups excluding carboxylic acids is 2. The van der Waals surface area contributed by atoms with Crippen molar-refractivity contribution in [3.8, 4) is 6.07 Å². The minimum absolute atomic E-state index is 0.0353. The number of imidazole rings is 1. The Kier molecular flexibility index (Phi) is 7.26. The van der Waals surface area contributed by atoms with Crippen LogP contribution >= 0.6 is 0 Å². The van der Waals surface area contributed by atoms with Crippen molar-refractivity contribution in [3.63, 3.8) is 0 Å². The monoisotopic (exact) mass is 592 g/mol. The summed E-state index contributed by atoms with van der Waals surface area (Å²) in [6.07, 6.45) is 8.75. The summed E-state index contributed by atoms with van der Waals surface area (Å²) in [4.78, 5) is 31.2. The molecule has 10 nitrogen and oxygen atoms in total. The van der Waals surface area contributed by atoms with Gasteiger partial charge in [-0.3, -0.25) is 14.3 Å². The number of nitrogens with one attached hydrogen (secondary N) is 2. The maximum Gasteiger partial charge on any atom is 0.270 e. The Hall–Kier alpha value is -3.88. The average molecular weight is 593 g/mol. The summed E-state index contributed by atoms with van der Waals surface area (Å²) in [6, 6.07) is 4.70. The molecule has 2 atom stereocenters. The van der Waals surface area contributed by atoms with Gasteiger partial charge in [0.2, 0.25) is 11.8 Å². The molecule has 3 fully saturated rings. The lowest BCUT2D eigenvalue weighted by atomic mass is 9.81. The van der Waals surface area contributed by atoms with E-state index >= 15 is 0 Å². The molecule has 12 heteroatoms. The molecule has 0 bridgehead atoms. The third-order valence-corrected chi connectivity index (χ3v) is 9.48. The maximum atomic E-state index is 14.1. The minimum Gasteiger partial charge on any atom is -0.348 e. The van der Waals surface area contributed by atoms with Crippen molar-refractivity contribution in [1.29, 1.82) is 5.26 Å². The molecule has 3 aliphatic rings. The number of aromatic nitrogens is 5. The number of amides is 2. The van der Waals surface area contributed by atoms with Crippen molar-refractivity contribution < 1.29 is 18.4 Å². The average Bonchev–Trinajstić information content (AvgIpc) is 3.78. The van der Waals surface area contributed by atoms with Crippen LogP contribution < -0.4 is 10.6 Å². The summed E-state index contributed by atoms with van der Waals surface area (Å²) in [5, 5.41) is 25.0. The first-order valence-corrected chi connectivity index (χ1v) is 15.2. The quantitative estimate of drug-likeness (QED) is 0.322. The van der Waals surface area contributed by atoms with Gasteiger partial charge in [-0.2, -0.15) is 15.5 Å². The fourth-order valence-corrected chi connectivity index (χ4v) is 6.30. The molecule has 0 unspecified atom stereocenters. The fourth-order valence-electron chi connectivity index (χ4n) is 6.30. The molecular weight excluding hydrogens is 554 g/mol. The van der Waals surface area contributed by atoms with Gasteiger partial charge in [-0.05, 0) is 81.4 Å². The van der Waals surface area contributed by atoms with E-state index in [1.54, 1.807) is 33.9 Å². The zero-order valence-corrected chi connectivity index (χ0v) is 24.8. The standard InChI is InChI=1S/C31H38F2N8O2/c1-19(2)41-23(6-13-35-41)28(43)39-26(20-4-7-31(32,33)8-5-20)22-17-40-24(37-22)14-21(16-36-40)27(30(18-34)11-12-30)38-25(42)15-29(3)9-10-29/h6,13-14,16-17,19-20,26-27H,4-5,7-12,15H2,1-3H3,(H,38,42)(H,39,43)/t26-,27-/m0/s1. The number of nitriles is 1. The number of hydrogen-bond acceptors (Lipinski definition) is 6. The highest BCUT2D eigenvalue weighted by atomic mass is 19.3. The van der Waals surface area contributed by atoms with Gasteiger partial charge in [0.25, 0.3) is 5.91 Å². The second kappa shape index (κ2) is 10.7. The molecule has 0 radical (unpaired) electrons. The van der Waals surface area contributed by atoms with Gasteiger partial charge in [0.05, 0.1) is 41.7 Å². The van der Waals surface area contributed by atoms with Crippen molar-refractivity contribution in [2.24, 2.45) is 16.7 Å². The van der Waals surface area contributed by atoms with Gasteiger partial charge in [0, 0.05) is 31.5 Å². The third-order valence-electron chi connectivity index (χ3n) is 9.48. The molecule has 3 aliphatic carbocycles. The number of alkyl halides is 2. The lowest BCUT2D eigenvalue weighted by Crippen LogP contribution is -2.38. The van der Waals surface area contributed by atoms with Crippen molar-refractivity contribution in [1.82, 2.24) is 35.0 Å². The highest BCUT2D eigenvalue weighted by Crippen LogP contribution is 2.55. The van der Waals surface area contributed by atoms with Gasteiger partial charge < -0.3 is 10.6 Å². The van der Waals surface area contributed by atoms with Gasteiger partial charge in [0.1, 0.15) is 5.69 Å². The Morgan fingerprint density at radius 1 is 1.12 bits per heavy atom. The van der Waals surface area contributed by atoms with E-state index in [2.05, 4.69) is 33.8 Å². The molecule has 0 aliphatic heterocycles. The smallest absolute Gasteiger partial charge is 0.270 e. The third kappa shape index (κ3) is 5.99. The van der Waals surface area contributed by atoms with Gasteiger partial charge >= 0.3 is 0 Å². The Labute approximate surface area is 249 Å². The van der Waals surface area contributed by atoms with Gasteiger partial charge in [0.15, 0.2) is 5.65 Å². The van der Waals surface area contributed by atoms with Crippen LogP contribution in [0.2, 0.25) is 0 Å². The van der Waals surface area contributed by atoms with E-state index in [9.17, 15) is 23.6 Å². The summed E-state index contributed by atoms with van der Waals surface area (Å²) in [7, 11) is 0. The number of carbonyl (C=O) groups is 2. The SMILES string of the molecule is CC(C)n1nccc1C(=O)N[C@H](c1cn2ncc([C@H](NC(=O)CC3(C)CC3)C3(C#N)CC3)cc2n1)C1CCC(F)(F)CC1. The molecule has 6 rings (SSSR count). The molecule has 3 aromatic heterocycles. The van der Waals surface area contributed by atoms with Gasteiger partial charge in [-0.1, -0.05) is 6.92 Å². The Balaban J connectivity index is 1.30. The normalized spacial score (nSPS) is 21.6. The Morgan fingerprint density at radius 3 is 2.47 bits per heavy atom. The first-order valence-electron chi connectivity index (χ1n) is 15.2. The number of halogens is 2. The molecule has 0 spiro atoms. The van der Waals surface area contributed by atoms with Crippen LogP contribution in [-0.4, -0.2) is 42.1 Å². The molecule has 3 aromatic rings. The number of nitrogens with zero attached hydrogens (tertiary/aromatic N) is 6. The lowest BCUT2D eigenvalue weighted by Gasteiger charge is -2.33. The van der Waals surface area contributed by atoms with Crippen LogP contribution in [-0.2, 0) is 4.79 Å². The molecule has 3 heterocycles. The highest BCUT2D eigenvalue weighted by Gasteiger charge is 2.52. The van der Waals surface area contributed by atoms with Crippen LogP contribution in [0.15, 0.2) is 30.7 Å². The van der Waals surface area contributed by atoms with E-state index in [0.29, 0.717) is 41.9 Å². The zero-order chi connectivity index (χ0) is 30.6. The first-order chi connectivity index (χ1) is 20.4. The molecule has 43 heavy (non-hydrogen) atoms. The van der Waals surface area contributed by atoms with Crippen molar-refractivity contribution in [3.05, 3.63) is 47.7 Å². The van der Waals surface area contributed by atoms with Gasteiger partial charge in [-0.15, -0.1) is 0 Å². The molecule has 3 saturated carbocycles. The van der Waals surface area contributed by atoms with Crippen LogP contribution in [0.25, 0.3) is 5.65 Å². The topological polar surface area (TPSA) is 130 Å². The Bertz CT molecular complexity index is 1570. The van der Waals surface area contributed by atoms with E-state index in [1.165, 1.54) is 0 Å². The number of fused-ring (bicyclic) bond motifs is 1. The summed E-state index contributed by atoms with van der Waals surface area (Å²) in [5.74, 6) is -3.39. The predicted molar refractivity (Wildman–Crippen MR) is 153 cm³/mol. The van der Waals surface area contributed by atoms with E-state index < -0.39 is 23.4 Å². The summed E-state index contributed by atoms with van der Waals surface area (Å²) in [5.41, 5.74) is 1.44. The lowest BCUT2D eigenvalue weighted by molar-refractivity contribution is -0.123. The summed E-state index contributed by atoms with van der Waals surface area (Å²) >= 11 is 0. The van der Waals surface area contributed by atoms with Gasteiger partial charge in [-0.25, -0.2) is 18.3 Å². The zero-order valence-electron chi connectivity index (χ0n) is 24.8. The molecule has 0 saturated heterocycles. The number of rotatable bonds is 10. The summed E-state index contributed by atoms with van der Waals surface area (Å²) in [6.45, 7) is 5.95. The molecule has 0 aromatic carbocycles. The van der Waals surface area contributed by atoms with E-state index in [0.717, 1.165) is 12.8 Å². The fraction of sp³-hybridized carbons (Fsp3) is 0.613. The minimum atomic E-state index is -2.72. The van der Waals surface area contributed by atoms with Crippen molar-refractivity contribution in [2.75, 3.05) is 0 Å². The maximum absolute atomic E-state index is 14.1. The van der Waals surface area contributed by atoms with Crippen molar-refractivity contribution >= 4 is 17.5 Å². The molecular formula is C31H38F2N8O2. The second-order valence-corrected chi connectivity index (χ2v) is 13.4. The largest absolute Gasteiger partial charge is 0.348 e. The van der Waals surface area contributed by atoms with Crippen molar-refractivity contribution in [2.45, 2.75) is 103 Å². The predicted octanol–water partition coefficient (Wildman–Crippen LogP) is 5.45. The second-order valence-electron chi connectivity index (χ2n) is 13.4. The van der Waals surface area contributed by atoms with E-state index in [1.807, 2.05) is 19.9 Å². The first kappa shape index (κ1) is 29.2. The van der Waals surface area contributed by atoms with Crippen LogP contribution in [0.1, 0.15) is 118 Å². The Morgan fingerprint density at radius 2 is 1.84 bits per heavy atom. The van der Waals surface area contributed by atoms with Crippen LogP contribution in [0.4, 0.5) is 8.78 Å². The van der Waals surface area contributed by atoms with Crippen LogP contribution in [0.3, 0.4) is 0 Å². The molecule has 228 valence electrons. The summed E-state index contributed by atoms with van der Waals surface area (Å²) < 4.78 is 31.4. The number of hydrogen-bond donors (Lipinski definition) is 2. The van der Waals surface area contributed by atoms with E-state index in [4.69, 9.17) is 4.98 Å². The van der Waals surface area contributed by atoms with Crippen LogP contribution in [0, 0.1) is 28.1 Å². The highest BCUT2D eigenvalue weighted by molar-refractivity contribution is 5.92. The van der Waals surface area contributed by atoms with Crippen LogP contribution in [0.5, 0.6) is 0 Å². The molecule has 2 N–H and O–H groups in total.